The molecule has 0 fully saturated rings. The summed E-state index contributed by atoms with van der Waals surface area (Å²) in [6.07, 6.45) is 0. The summed E-state index contributed by atoms with van der Waals surface area (Å²) in [5.74, 6) is -6.45. The molecule has 13 heavy (non-hydrogen) atoms. The summed E-state index contributed by atoms with van der Waals surface area (Å²) in [7, 11) is 0. The summed E-state index contributed by atoms with van der Waals surface area (Å²) in [5.41, 5.74) is -1.03. The van der Waals surface area contributed by atoms with E-state index in [1.807, 2.05) is 0 Å². The van der Waals surface area contributed by atoms with E-state index in [4.69, 9.17) is 5.11 Å². The maximum absolute atomic E-state index is 12.7. The zero-order valence-corrected chi connectivity index (χ0v) is 7.01. The van der Waals surface area contributed by atoms with E-state index in [2.05, 4.69) is 12.6 Å². The van der Waals surface area contributed by atoms with Crippen LogP contribution in [0.5, 0.6) is 0 Å². The summed E-state index contributed by atoms with van der Waals surface area (Å²) < 4.78 is 50.7. The predicted molar refractivity (Wildman–Crippen MR) is 39.4 cm³/mol. The lowest BCUT2D eigenvalue weighted by atomic mass is 10.2. The standard InChI is InChI=1S/C7H4F4OS/c8-3-2(1-12)4(9)6(11)7(13)5(3)10/h12-13H,1H2. The van der Waals surface area contributed by atoms with E-state index in [0.29, 0.717) is 0 Å². The molecule has 1 rings (SSSR count). The second kappa shape index (κ2) is 3.55. The van der Waals surface area contributed by atoms with Gasteiger partial charge in [0, 0.05) is 0 Å². The van der Waals surface area contributed by atoms with Gasteiger partial charge < -0.3 is 5.11 Å². The average Bonchev–Trinajstić information content (AvgIpc) is 2.13. The summed E-state index contributed by atoms with van der Waals surface area (Å²) in [5, 5.41) is 8.40. The Morgan fingerprint density at radius 2 is 1.31 bits per heavy atom. The molecular weight excluding hydrogens is 208 g/mol. The van der Waals surface area contributed by atoms with Crippen molar-refractivity contribution in [3.8, 4) is 0 Å². The van der Waals surface area contributed by atoms with Crippen LogP contribution in [-0.2, 0) is 6.61 Å². The first-order chi connectivity index (χ1) is 6.00. The van der Waals surface area contributed by atoms with Gasteiger partial charge in [0.15, 0.2) is 23.3 Å². The monoisotopic (exact) mass is 212 g/mol. The fraction of sp³-hybridized carbons (Fsp3) is 0.143. The van der Waals surface area contributed by atoms with E-state index in [9.17, 15) is 17.6 Å². The van der Waals surface area contributed by atoms with Gasteiger partial charge in [-0.1, -0.05) is 0 Å². The van der Waals surface area contributed by atoms with Gasteiger partial charge in [-0.25, -0.2) is 17.6 Å². The molecule has 0 bridgehead atoms. The van der Waals surface area contributed by atoms with Crippen molar-refractivity contribution in [2.45, 2.75) is 11.5 Å². The predicted octanol–water partition coefficient (Wildman–Crippen LogP) is 2.02. The lowest BCUT2D eigenvalue weighted by Gasteiger charge is -2.05. The molecule has 72 valence electrons. The topological polar surface area (TPSA) is 20.2 Å². The number of halogens is 4. The van der Waals surface area contributed by atoms with Crippen molar-refractivity contribution in [2.75, 3.05) is 0 Å². The molecule has 0 heterocycles. The number of aliphatic hydroxyl groups is 1. The van der Waals surface area contributed by atoms with Crippen LogP contribution in [-0.4, -0.2) is 5.11 Å². The quantitative estimate of drug-likeness (QED) is 0.414. The van der Waals surface area contributed by atoms with Crippen LogP contribution in [0, 0.1) is 23.3 Å². The lowest BCUT2D eigenvalue weighted by molar-refractivity contribution is 0.261. The molecule has 0 aromatic heterocycles. The van der Waals surface area contributed by atoms with Gasteiger partial charge in [-0.15, -0.1) is 12.6 Å². The van der Waals surface area contributed by atoms with Crippen LogP contribution in [0.2, 0.25) is 0 Å². The molecule has 0 saturated heterocycles. The first-order valence-electron chi connectivity index (χ1n) is 3.15. The normalized spacial score (nSPS) is 10.6. The molecule has 1 aromatic carbocycles. The van der Waals surface area contributed by atoms with Crippen LogP contribution < -0.4 is 0 Å². The van der Waals surface area contributed by atoms with Crippen LogP contribution in [0.4, 0.5) is 17.6 Å². The zero-order chi connectivity index (χ0) is 10.2. The van der Waals surface area contributed by atoms with E-state index in [-0.39, 0.29) is 0 Å². The van der Waals surface area contributed by atoms with Gasteiger partial charge in [-0.3, -0.25) is 0 Å². The molecule has 0 aliphatic heterocycles. The van der Waals surface area contributed by atoms with E-state index in [1.54, 1.807) is 0 Å². The van der Waals surface area contributed by atoms with Crippen LogP contribution in [0.1, 0.15) is 5.56 Å². The van der Waals surface area contributed by atoms with Crippen molar-refractivity contribution in [3.05, 3.63) is 28.8 Å². The summed E-state index contributed by atoms with van der Waals surface area (Å²) in [6.45, 7) is -1.11. The first-order valence-corrected chi connectivity index (χ1v) is 3.60. The fourth-order valence-corrected chi connectivity index (χ4v) is 1.00. The number of hydrogen-bond acceptors (Lipinski definition) is 2. The highest BCUT2D eigenvalue weighted by atomic mass is 32.1. The van der Waals surface area contributed by atoms with Crippen molar-refractivity contribution < 1.29 is 22.7 Å². The molecule has 0 unspecified atom stereocenters. The number of aliphatic hydroxyl groups excluding tert-OH is 1. The van der Waals surface area contributed by atoms with E-state index in [0.717, 1.165) is 0 Å². The first kappa shape index (κ1) is 10.3. The van der Waals surface area contributed by atoms with E-state index in [1.165, 1.54) is 0 Å². The molecule has 0 amide bonds. The number of benzene rings is 1. The van der Waals surface area contributed by atoms with Gasteiger partial charge in [-0.2, -0.15) is 0 Å². The Bertz CT molecular complexity index is 324. The fourth-order valence-electron chi connectivity index (χ4n) is 0.804. The molecule has 0 atom stereocenters. The van der Waals surface area contributed by atoms with Crippen LogP contribution in [0.3, 0.4) is 0 Å². The SMILES string of the molecule is OCc1c(F)c(F)c(S)c(F)c1F. The van der Waals surface area contributed by atoms with Crippen LogP contribution in [0.15, 0.2) is 4.90 Å². The third kappa shape index (κ3) is 1.51. The minimum atomic E-state index is -1.62. The third-order valence-corrected chi connectivity index (χ3v) is 1.88. The Morgan fingerprint density at radius 3 is 1.62 bits per heavy atom. The second-order valence-electron chi connectivity index (χ2n) is 2.24. The Morgan fingerprint density at radius 1 is 0.923 bits per heavy atom. The highest BCUT2D eigenvalue weighted by molar-refractivity contribution is 7.80. The Kier molecular flexibility index (Phi) is 2.82. The highest BCUT2D eigenvalue weighted by Gasteiger charge is 2.22. The number of rotatable bonds is 1. The number of hydrogen-bond donors (Lipinski definition) is 2. The van der Waals surface area contributed by atoms with Crippen molar-refractivity contribution in [1.29, 1.82) is 0 Å². The highest BCUT2D eigenvalue weighted by Crippen LogP contribution is 2.26. The van der Waals surface area contributed by atoms with Gasteiger partial charge in [0.1, 0.15) is 0 Å². The second-order valence-corrected chi connectivity index (χ2v) is 2.69. The molecule has 1 N–H and O–H groups in total. The molecule has 1 nitrogen and oxygen atoms in total. The van der Waals surface area contributed by atoms with Gasteiger partial charge >= 0.3 is 0 Å². The molecule has 0 spiro atoms. The van der Waals surface area contributed by atoms with Crippen molar-refractivity contribution in [3.63, 3.8) is 0 Å². The molecule has 0 saturated carbocycles. The van der Waals surface area contributed by atoms with Crippen LogP contribution in [0.25, 0.3) is 0 Å². The molecular formula is C7H4F4OS. The lowest BCUT2D eigenvalue weighted by Crippen LogP contribution is -2.04. The molecule has 6 heteroatoms. The number of thiol groups is 1. The van der Waals surface area contributed by atoms with Gasteiger partial charge in [0.2, 0.25) is 0 Å². The maximum Gasteiger partial charge on any atom is 0.175 e. The minimum absolute atomic E-state index is 1.03. The zero-order valence-electron chi connectivity index (χ0n) is 6.11. The summed E-state index contributed by atoms with van der Waals surface area (Å²) in [4.78, 5) is -1.03. The molecule has 0 radical (unpaired) electrons. The van der Waals surface area contributed by atoms with Gasteiger partial charge in [0.25, 0.3) is 0 Å². The van der Waals surface area contributed by atoms with Crippen molar-refractivity contribution in [2.24, 2.45) is 0 Å². The summed E-state index contributed by atoms with van der Waals surface area (Å²) in [6, 6.07) is 0. The van der Waals surface area contributed by atoms with Crippen molar-refractivity contribution >= 4 is 12.6 Å². The van der Waals surface area contributed by atoms with Crippen LogP contribution >= 0.6 is 12.6 Å². The summed E-state index contributed by atoms with van der Waals surface area (Å²) >= 11 is 3.23. The minimum Gasteiger partial charge on any atom is -0.391 e. The average molecular weight is 212 g/mol. The maximum atomic E-state index is 12.7. The third-order valence-electron chi connectivity index (χ3n) is 1.49. The van der Waals surface area contributed by atoms with E-state index < -0.39 is 40.3 Å². The smallest absolute Gasteiger partial charge is 0.175 e. The van der Waals surface area contributed by atoms with Gasteiger partial charge in [0.05, 0.1) is 17.1 Å². The van der Waals surface area contributed by atoms with E-state index >= 15 is 0 Å². The Balaban J connectivity index is 3.56. The van der Waals surface area contributed by atoms with Gasteiger partial charge in [-0.05, 0) is 0 Å². The molecule has 0 aliphatic rings. The Labute approximate surface area is 76.4 Å². The van der Waals surface area contributed by atoms with Crippen molar-refractivity contribution in [1.82, 2.24) is 0 Å². The Hall–Kier alpha value is -0.750. The largest absolute Gasteiger partial charge is 0.391 e. The molecule has 0 aliphatic carbocycles. The molecule has 1 aromatic rings.